The van der Waals surface area contributed by atoms with Crippen molar-refractivity contribution in [2.75, 3.05) is 7.11 Å². The third-order valence-corrected chi connectivity index (χ3v) is 3.43. The number of rotatable bonds is 2. The fraction of sp³-hybridized carbons (Fsp3) is 0.118. The molecule has 3 aromatic rings. The molecule has 2 aromatic carbocycles. The third-order valence-electron chi connectivity index (χ3n) is 3.43. The van der Waals surface area contributed by atoms with Gasteiger partial charge in [-0.2, -0.15) is 0 Å². The van der Waals surface area contributed by atoms with Gasteiger partial charge < -0.3 is 14.3 Å². The zero-order valence-electron chi connectivity index (χ0n) is 11.7. The van der Waals surface area contributed by atoms with E-state index in [1.54, 1.807) is 6.07 Å². The standard InChI is InChI=1S/C17H14O4/c1-10-3-5-11(6-4-10)13-9-21-15-8-12(20-2)7-14(18)16(15)17(13)19/h3-9,18H,1-2H3. The second-order valence-electron chi connectivity index (χ2n) is 4.86. The SMILES string of the molecule is COc1cc(O)c2c(=O)c(-c3ccc(C)cc3)coc2c1. The highest BCUT2D eigenvalue weighted by Crippen LogP contribution is 2.30. The summed E-state index contributed by atoms with van der Waals surface area (Å²) < 4.78 is 10.5. The van der Waals surface area contributed by atoms with Crippen LogP contribution in [0.4, 0.5) is 0 Å². The first-order valence-electron chi connectivity index (χ1n) is 6.49. The fourth-order valence-corrected chi connectivity index (χ4v) is 2.26. The van der Waals surface area contributed by atoms with Gasteiger partial charge in [-0.3, -0.25) is 4.79 Å². The summed E-state index contributed by atoms with van der Waals surface area (Å²) in [6, 6.07) is 10.5. The molecule has 0 aliphatic heterocycles. The van der Waals surface area contributed by atoms with E-state index < -0.39 is 0 Å². The van der Waals surface area contributed by atoms with Crippen molar-refractivity contribution in [3.05, 3.63) is 58.4 Å². The number of methoxy groups -OCH3 is 1. The van der Waals surface area contributed by atoms with Gasteiger partial charge in [0.1, 0.15) is 28.7 Å². The lowest BCUT2D eigenvalue weighted by Gasteiger charge is -2.06. The van der Waals surface area contributed by atoms with Crippen molar-refractivity contribution in [1.29, 1.82) is 0 Å². The topological polar surface area (TPSA) is 59.7 Å². The summed E-state index contributed by atoms with van der Waals surface area (Å²) in [4.78, 5) is 12.6. The van der Waals surface area contributed by atoms with Crippen LogP contribution in [-0.2, 0) is 0 Å². The van der Waals surface area contributed by atoms with E-state index >= 15 is 0 Å². The molecular weight excluding hydrogens is 268 g/mol. The molecule has 106 valence electrons. The van der Waals surface area contributed by atoms with Crippen LogP contribution in [0.25, 0.3) is 22.1 Å². The lowest BCUT2D eigenvalue weighted by molar-refractivity contribution is 0.408. The Kier molecular flexibility index (Phi) is 3.14. The smallest absolute Gasteiger partial charge is 0.204 e. The summed E-state index contributed by atoms with van der Waals surface area (Å²) in [5.74, 6) is 0.290. The number of aromatic hydroxyl groups is 1. The van der Waals surface area contributed by atoms with Crippen LogP contribution in [0.3, 0.4) is 0 Å². The van der Waals surface area contributed by atoms with Crippen LogP contribution in [0, 0.1) is 6.92 Å². The molecule has 4 nitrogen and oxygen atoms in total. The molecule has 0 saturated heterocycles. The quantitative estimate of drug-likeness (QED) is 0.781. The second kappa shape index (κ2) is 4.98. The highest BCUT2D eigenvalue weighted by Gasteiger charge is 2.14. The van der Waals surface area contributed by atoms with Crippen LogP contribution in [0.2, 0.25) is 0 Å². The highest BCUT2D eigenvalue weighted by molar-refractivity contribution is 5.88. The van der Waals surface area contributed by atoms with Gasteiger partial charge in [-0.05, 0) is 12.5 Å². The lowest BCUT2D eigenvalue weighted by Crippen LogP contribution is -2.05. The highest BCUT2D eigenvalue weighted by atomic mass is 16.5. The maximum Gasteiger partial charge on any atom is 0.204 e. The van der Waals surface area contributed by atoms with Gasteiger partial charge in [-0.15, -0.1) is 0 Å². The van der Waals surface area contributed by atoms with Crippen LogP contribution in [-0.4, -0.2) is 12.2 Å². The number of hydrogen-bond acceptors (Lipinski definition) is 4. The number of ether oxygens (including phenoxy) is 1. The predicted octanol–water partition coefficient (Wildman–Crippen LogP) is 3.48. The molecule has 1 N–H and O–H groups in total. The Bertz CT molecular complexity index is 860. The molecule has 4 heteroatoms. The third kappa shape index (κ3) is 2.25. The van der Waals surface area contributed by atoms with Gasteiger partial charge in [0.25, 0.3) is 0 Å². The molecule has 0 atom stereocenters. The summed E-state index contributed by atoms with van der Waals surface area (Å²) in [6.45, 7) is 1.98. The molecule has 0 aliphatic carbocycles. The second-order valence-corrected chi connectivity index (χ2v) is 4.86. The summed E-state index contributed by atoms with van der Waals surface area (Å²) >= 11 is 0. The van der Waals surface area contributed by atoms with Crippen molar-refractivity contribution >= 4 is 11.0 Å². The molecule has 0 saturated carbocycles. The first-order chi connectivity index (χ1) is 10.1. The van der Waals surface area contributed by atoms with Gasteiger partial charge in [0.15, 0.2) is 0 Å². The van der Waals surface area contributed by atoms with E-state index in [1.165, 1.54) is 19.4 Å². The van der Waals surface area contributed by atoms with Gasteiger partial charge in [-0.1, -0.05) is 29.8 Å². The van der Waals surface area contributed by atoms with E-state index in [4.69, 9.17) is 9.15 Å². The Hall–Kier alpha value is -2.75. The lowest BCUT2D eigenvalue weighted by atomic mass is 10.0. The maximum atomic E-state index is 12.6. The average molecular weight is 282 g/mol. The first-order valence-corrected chi connectivity index (χ1v) is 6.49. The Balaban J connectivity index is 2.28. The Morgan fingerprint density at radius 1 is 1.14 bits per heavy atom. The summed E-state index contributed by atoms with van der Waals surface area (Å²) in [5.41, 5.74) is 2.32. The van der Waals surface area contributed by atoms with Crippen LogP contribution >= 0.6 is 0 Å². The summed E-state index contributed by atoms with van der Waals surface area (Å²) in [5, 5.41) is 10.2. The van der Waals surface area contributed by atoms with Crippen molar-refractivity contribution in [2.24, 2.45) is 0 Å². The predicted molar refractivity (Wildman–Crippen MR) is 80.9 cm³/mol. The molecule has 3 rings (SSSR count). The van der Waals surface area contributed by atoms with E-state index in [2.05, 4.69) is 0 Å². The molecule has 1 heterocycles. The first kappa shape index (κ1) is 13.2. The molecule has 0 amide bonds. The van der Waals surface area contributed by atoms with Crippen molar-refractivity contribution in [3.8, 4) is 22.6 Å². The molecule has 21 heavy (non-hydrogen) atoms. The summed E-state index contributed by atoms with van der Waals surface area (Å²) in [7, 11) is 1.49. The average Bonchev–Trinajstić information content (AvgIpc) is 2.48. The molecule has 0 radical (unpaired) electrons. The summed E-state index contributed by atoms with van der Waals surface area (Å²) in [6.07, 6.45) is 1.41. The fourth-order valence-electron chi connectivity index (χ4n) is 2.26. The van der Waals surface area contributed by atoms with E-state index in [9.17, 15) is 9.90 Å². The molecule has 0 spiro atoms. The van der Waals surface area contributed by atoms with E-state index in [0.717, 1.165) is 11.1 Å². The molecular formula is C17H14O4. The minimum Gasteiger partial charge on any atom is -0.507 e. The van der Waals surface area contributed by atoms with Crippen LogP contribution in [0.15, 0.2) is 51.9 Å². The van der Waals surface area contributed by atoms with Crippen LogP contribution in [0.1, 0.15) is 5.56 Å². The number of fused-ring (bicyclic) bond motifs is 1. The van der Waals surface area contributed by atoms with Gasteiger partial charge in [0.05, 0.1) is 12.7 Å². The Labute approximate surface area is 121 Å². The molecule has 1 aromatic heterocycles. The largest absolute Gasteiger partial charge is 0.507 e. The maximum absolute atomic E-state index is 12.6. The number of benzene rings is 2. The van der Waals surface area contributed by atoms with E-state index in [1.807, 2.05) is 31.2 Å². The van der Waals surface area contributed by atoms with Crippen molar-refractivity contribution in [3.63, 3.8) is 0 Å². The van der Waals surface area contributed by atoms with Crippen molar-refractivity contribution < 1.29 is 14.3 Å². The van der Waals surface area contributed by atoms with Gasteiger partial charge in [0, 0.05) is 12.1 Å². The Morgan fingerprint density at radius 3 is 2.52 bits per heavy atom. The number of hydrogen-bond donors (Lipinski definition) is 1. The van der Waals surface area contributed by atoms with E-state index in [-0.39, 0.29) is 16.6 Å². The number of phenolic OH excluding ortho intramolecular Hbond substituents is 1. The zero-order chi connectivity index (χ0) is 15.0. The molecule has 0 fully saturated rings. The number of aryl methyl sites for hydroxylation is 1. The van der Waals surface area contributed by atoms with Crippen LogP contribution in [0.5, 0.6) is 11.5 Å². The van der Waals surface area contributed by atoms with Crippen molar-refractivity contribution in [2.45, 2.75) is 6.92 Å². The minimum absolute atomic E-state index is 0.146. The molecule has 0 unspecified atom stereocenters. The normalized spacial score (nSPS) is 10.8. The van der Waals surface area contributed by atoms with Crippen molar-refractivity contribution in [1.82, 2.24) is 0 Å². The number of phenols is 1. The minimum atomic E-state index is -0.264. The molecule has 0 bridgehead atoms. The molecule has 0 aliphatic rings. The monoisotopic (exact) mass is 282 g/mol. The van der Waals surface area contributed by atoms with Crippen LogP contribution < -0.4 is 10.2 Å². The van der Waals surface area contributed by atoms with E-state index in [0.29, 0.717) is 16.9 Å². The Morgan fingerprint density at radius 2 is 1.86 bits per heavy atom. The van der Waals surface area contributed by atoms with Gasteiger partial charge >= 0.3 is 0 Å². The van der Waals surface area contributed by atoms with Gasteiger partial charge in [0.2, 0.25) is 5.43 Å². The zero-order valence-corrected chi connectivity index (χ0v) is 11.7. The van der Waals surface area contributed by atoms with Gasteiger partial charge in [-0.25, -0.2) is 0 Å².